The van der Waals surface area contributed by atoms with E-state index in [4.69, 9.17) is 4.74 Å². The van der Waals surface area contributed by atoms with Gasteiger partial charge in [-0.05, 0) is 24.3 Å². The van der Waals surface area contributed by atoms with Crippen LogP contribution in [0.1, 0.15) is 18.4 Å². The molecule has 0 bridgehead atoms. The first-order valence-corrected chi connectivity index (χ1v) is 9.09. The molecule has 0 amide bonds. The minimum Gasteiger partial charge on any atom is -0.378 e. The average molecular weight is 304 g/mol. The van der Waals surface area contributed by atoms with Crippen LogP contribution in [-0.4, -0.2) is 26.4 Å². The Balaban J connectivity index is 1.75. The molecule has 1 heterocycles. The highest BCUT2D eigenvalue weighted by Crippen LogP contribution is 2.30. The van der Waals surface area contributed by atoms with Crippen LogP contribution in [0.15, 0.2) is 54.6 Å². The zero-order valence-corrected chi connectivity index (χ0v) is 12.7. The fourth-order valence-electron chi connectivity index (χ4n) is 2.91. The van der Waals surface area contributed by atoms with Crippen molar-refractivity contribution >= 4 is 9.84 Å². The molecule has 0 N–H and O–H groups in total. The van der Waals surface area contributed by atoms with E-state index in [9.17, 15) is 8.42 Å². The topological polar surface area (TPSA) is 43.4 Å². The third kappa shape index (κ3) is 3.44. The van der Waals surface area contributed by atoms with E-state index in [1.165, 1.54) is 0 Å². The van der Waals surface area contributed by atoms with Crippen LogP contribution in [0.3, 0.4) is 0 Å². The fourth-order valence-corrected chi connectivity index (χ4v) is 4.82. The monoisotopic (exact) mass is 304 g/mol. The highest BCUT2D eigenvalue weighted by atomic mass is 32.2. The number of rotatable bonds is 5. The van der Waals surface area contributed by atoms with Crippen molar-refractivity contribution in [3.63, 3.8) is 0 Å². The van der Waals surface area contributed by atoms with Crippen LogP contribution in [0.2, 0.25) is 0 Å². The van der Waals surface area contributed by atoms with E-state index in [-0.39, 0.29) is 17.8 Å². The van der Waals surface area contributed by atoms with Crippen molar-refractivity contribution in [3.05, 3.63) is 60.2 Å². The molecule has 2 aliphatic rings. The van der Waals surface area contributed by atoms with Crippen LogP contribution in [-0.2, 0) is 20.3 Å². The maximum atomic E-state index is 12.7. The van der Waals surface area contributed by atoms with Crippen molar-refractivity contribution in [3.8, 4) is 0 Å². The lowest BCUT2D eigenvalue weighted by molar-refractivity contribution is -0.0596. The molecule has 21 heavy (non-hydrogen) atoms. The molecule has 1 aromatic rings. The Morgan fingerprint density at radius 3 is 2.48 bits per heavy atom. The summed E-state index contributed by atoms with van der Waals surface area (Å²) in [5.41, 5.74) is 0.846. The minimum atomic E-state index is -3.21. The Bertz CT molecular complexity index is 627. The first kappa shape index (κ1) is 14.5. The molecule has 1 fully saturated rings. The van der Waals surface area contributed by atoms with Gasteiger partial charge in [0.2, 0.25) is 0 Å². The maximum absolute atomic E-state index is 12.7. The van der Waals surface area contributed by atoms with Crippen molar-refractivity contribution in [2.45, 2.75) is 29.9 Å². The van der Waals surface area contributed by atoms with E-state index in [1.54, 1.807) is 0 Å². The Morgan fingerprint density at radius 1 is 1.10 bits per heavy atom. The second-order valence-corrected chi connectivity index (χ2v) is 7.87. The highest BCUT2D eigenvalue weighted by molar-refractivity contribution is 7.91. The maximum Gasteiger partial charge on any atom is 0.161 e. The Morgan fingerprint density at radius 2 is 1.81 bits per heavy atom. The summed E-state index contributed by atoms with van der Waals surface area (Å²) >= 11 is 0. The van der Waals surface area contributed by atoms with Crippen molar-refractivity contribution in [1.82, 2.24) is 0 Å². The number of hydrogen-bond acceptors (Lipinski definition) is 3. The van der Waals surface area contributed by atoms with E-state index in [2.05, 4.69) is 0 Å². The summed E-state index contributed by atoms with van der Waals surface area (Å²) in [6.45, 7) is 0.804. The predicted molar refractivity (Wildman–Crippen MR) is 83.6 cm³/mol. The number of sulfone groups is 1. The molecule has 1 saturated heterocycles. The number of allylic oxidation sites excluding steroid dienone is 3. The van der Waals surface area contributed by atoms with Crippen molar-refractivity contribution in [2.24, 2.45) is 5.92 Å². The molecular weight excluding hydrogens is 284 g/mol. The van der Waals surface area contributed by atoms with Crippen LogP contribution in [0, 0.1) is 5.92 Å². The van der Waals surface area contributed by atoms with Crippen LogP contribution in [0.5, 0.6) is 0 Å². The van der Waals surface area contributed by atoms with Gasteiger partial charge in [0.05, 0.1) is 17.1 Å². The third-order valence-corrected chi connectivity index (χ3v) is 6.22. The number of hydrogen-bond donors (Lipinski definition) is 0. The van der Waals surface area contributed by atoms with E-state index in [0.717, 1.165) is 25.0 Å². The zero-order chi connectivity index (χ0) is 14.7. The Kier molecular flexibility index (Phi) is 4.27. The molecule has 0 spiro atoms. The normalized spacial score (nSPS) is 28.3. The quantitative estimate of drug-likeness (QED) is 0.840. The van der Waals surface area contributed by atoms with Crippen LogP contribution in [0.4, 0.5) is 0 Å². The Hall–Kier alpha value is -1.39. The smallest absolute Gasteiger partial charge is 0.161 e. The molecule has 1 aliphatic heterocycles. The van der Waals surface area contributed by atoms with Gasteiger partial charge in [0, 0.05) is 6.61 Å². The predicted octanol–water partition coefficient (Wildman–Crippen LogP) is 2.89. The van der Waals surface area contributed by atoms with Crippen LogP contribution < -0.4 is 0 Å². The van der Waals surface area contributed by atoms with Gasteiger partial charge in [-0.15, -0.1) is 0 Å². The van der Waals surface area contributed by atoms with Gasteiger partial charge in [-0.2, -0.15) is 0 Å². The molecule has 3 atom stereocenters. The summed E-state index contributed by atoms with van der Waals surface area (Å²) < 4.78 is 30.9. The molecular formula is C17H20O3S. The van der Waals surface area contributed by atoms with Gasteiger partial charge >= 0.3 is 0 Å². The second kappa shape index (κ2) is 6.16. The fraction of sp³-hybridized carbons (Fsp3) is 0.412. The third-order valence-electron chi connectivity index (χ3n) is 4.15. The van der Waals surface area contributed by atoms with E-state index in [1.807, 2.05) is 54.6 Å². The van der Waals surface area contributed by atoms with E-state index in [0.29, 0.717) is 0 Å². The minimum absolute atomic E-state index is 0.0222. The van der Waals surface area contributed by atoms with Gasteiger partial charge < -0.3 is 4.74 Å². The SMILES string of the molecule is O=S(=O)(Cc1ccccc1)C1C=CC=C[C@@H]1CC1CCO1. The summed E-state index contributed by atoms with van der Waals surface area (Å²) in [7, 11) is -3.21. The summed E-state index contributed by atoms with van der Waals surface area (Å²) in [4.78, 5) is 0. The highest BCUT2D eigenvalue weighted by Gasteiger charge is 2.34. The molecule has 0 radical (unpaired) electrons. The van der Waals surface area contributed by atoms with Gasteiger partial charge in [0.1, 0.15) is 0 Å². The van der Waals surface area contributed by atoms with Crippen LogP contribution >= 0.6 is 0 Å². The summed E-state index contributed by atoms with van der Waals surface area (Å²) in [5.74, 6) is 0.118. The molecule has 0 saturated carbocycles. The molecule has 1 aliphatic carbocycles. The summed E-state index contributed by atoms with van der Waals surface area (Å²) in [6, 6.07) is 9.38. The number of ether oxygens (including phenoxy) is 1. The standard InChI is InChI=1S/C17H20O3S/c18-21(19,13-14-6-2-1-3-7-14)17-9-5-4-8-15(17)12-16-10-11-20-16/h1-9,15-17H,10-13H2/t15-,16?,17?/m1/s1. The van der Waals surface area contributed by atoms with Gasteiger partial charge in [-0.25, -0.2) is 8.42 Å². The molecule has 3 rings (SSSR count). The van der Waals surface area contributed by atoms with Crippen molar-refractivity contribution in [1.29, 1.82) is 0 Å². The van der Waals surface area contributed by atoms with Gasteiger partial charge in [0.25, 0.3) is 0 Å². The lowest BCUT2D eigenvalue weighted by Crippen LogP contribution is -2.36. The zero-order valence-electron chi connectivity index (χ0n) is 11.9. The largest absolute Gasteiger partial charge is 0.378 e. The Labute approximate surface area is 126 Å². The van der Waals surface area contributed by atoms with E-state index >= 15 is 0 Å². The average Bonchev–Trinajstić information content (AvgIpc) is 2.44. The summed E-state index contributed by atoms with van der Waals surface area (Å²) in [6.07, 6.45) is 9.67. The molecule has 112 valence electrons. The van der Waals surface area contributed by atoms with Crippen molar-refractivity contribution < 1.29 is 13.2 Å². The van der Waals surface area contributed by atoms with Crippen LogP contribution in [0.25, 0.3) is 0 Å². The second-order valence-electron chi connectivity index (χ2n) is 5.71. The lowest BCUT2D eigenvalue weighted by Gasteiger charge is -2.32. The summed E-state index contributed by atoms with van der Waals surface area (Å²) in [5, 5.41) is -0.438. The van der Waals surface area contributed by atoms with E-state index < -0.39 is 15.1 Å². The molecule has 1 aromatic carbocycles. The number of benzene rings is 1. The van der Waals surface area contributed by atoms with Gasteiger partial charge in [0.15, 0.2) is 9.84 Å². The van der Waals surface area contributed by atoms with Gasteiger partial charge in [-0.1, -0.05) is 54.6 Å². The molecule has 4 heteroatoms. The first-order chi connectivity index (χ1) is 10.1. The molecule has 0 aromatic heterocycles. The first-order valence-electron chi connectivity index (χ1n) is 7.37. The van der Waals surface area contributed by atoms with Gasteiger partial charge in [-0.3, -0.25) is 0 Å². The lowest BCUT2D eigenvalue weighted by atomic mass is 9.91. The molecule has 2 unspecified atom stereocenters. The van der Waals surface area contributed by atoms with Crippen molar-refractivity contribution in [2.75, 3.05) is 6.61 Å². The molecule has 3 nitrogen and oxygen atoms in total.